The van der Waals surface area contributed by atoms with Gasteiger partial charge in [0.15, 0.2) is 6.04 Å². The molecule has 0 radical (unpaired) electrons. The summed E-state index contributed by atoms with van der Waals surface area (Å²) in [7, 11) is 0. The van der Waals surface area contributed by atoms with Gasteiger partial charge in [-0.05, 0) is 31.2 Å². The van der Waals surface area contributed by atoms with Gasteiger partial charge in [-0.25, -0.2) is 9.59 Å². The van der Waals surface area contributed by atoms with Crippen LogP contribution in [0.2, 0.25) is 0 Å². The molecule has 0 aromatic heterocycles. The molecule has 5 nitrogen and oxygen atoms in total. The van der Waals surface area contributed by atoms with E-state index in [1.54, 1.807) is 30.3 Å². The lowest BCUT2D eigenvalue weighted by Crippen LogP contribution is -2.41. The summed E-state index contributed by atoms with van der Waals surface area (Å²) in [6.07, 6.45) is 6.46. The van der Waals surface area contributed by atoms with Crippen LogP contribution in [0.25, 0.3) is 0 Å². The number of benzene rings is 1. The van der Waals surface area contributed by atoms with Crippen LogP contribution >= 0.6 is 0 Å². The van der Waals surface area contributed by atoms with E-state index in [2.05, 4.69) is 16.7 Å². The van der Waals surface area contributed by atoms with Crippen molar-refractivity contribution in [1.29, 1.82) is 0 Å². The van der Waals surface area contributed by atoms with E-state index in [4.69, 9.17) is 0 Å². The van der Waals surface area contributed by atoms with Gasteiger partial charge in [0.2, 0.25) is 0 Å². The summed E-state index contributed by atoms with van der Waals surface area (Å²) in [6, 6.07) is 7.18. The highest BCUT2D eigenvalue weighted by atomic mass is 16.4. The van der Waals surface area contributed by atoms with E-state index in [-0.39, 0.29) is 0 Å². The quantitative estimate of drug-likeness (QED) is 0.704. The molecule has 0 heterocycles. The van der Waals surface area contributed by atoms with Gasteiger partial charge < -0.3 is 15.7 Å². The van der Waals surface area contributed by atoms with Gasteiger partial charge in [0, 0.05) is 6.54 Å². The second-order valence-electron chi connectivity index (χ2n) is 5.09. The Labute approximate surface area is 124 Å². The molecular weight excluding hydrogens is 268 g/mol. The first-order valence-electron chi connectivity index (χ1n) is 7.17. The van der Waals surface area contributed by atoms with Crippen molar-refractivity contribution in [2.45, 2.75) is 31.7 Å². The monoisotopic (exact) mass is 288 g/mol. The molecule has 0 saturated heterocycles. The number of carboxylic acid groups (broad SMARTS) is 1. The van der Waals surface area contributed by atoms with Gasteiger partial charge in [-0.3, -0.25) is 0 Å². The first-order valence-corrected chi connectivity index (χ1v) is 7.17. The molecule has 1 aliphatic rings. The van der Waals surface area contributed by atoms with Crippen LogP contribution in [0.4, 0.5) is 4.79 Å². The number of allylic oxidation sites excluding steroid dienone is 1. The third kappa shape index (κ3) is 4.63. The van der Waals surface area contributed by atoms with E-state index in [0.717, 1.165) is 19.3 Å². The van der Waals surface area contributed by atoms with Crippen LogP contribution in [0.15, 0.2) is 42.0 Å². The Hall–Kier alpha value is -2.30. The van der Waals surface area contributed by atoms with Crippen LogP contribution < -0.4 is 10.6 Å². The maximum atomic E-state index is 11.8. The Bertz CT molecular complexity index is 526. The predicted octanol–water partition coefficient (Wildman–Crippen LogP) is 2.61. The molecular formula is C16H20N2O3. The fraction of sp³-hybridized carbons (Fsp3) is 0.375. The number of hydrogen-bond donors (Lipinski definition) is 3. The Morgan fingerprint density at radius 3 is 2.62 bits per heavy atom. The number of carbonyl (C=O) groups excluding carboxylic acids is 1. The third-order valence-electron chi connectivity index (χ3n) is 3.52. The van der Waals surface area contributed by atoms with Crippen molar-refractivity contribution >= 4 is 12.0 Å². The summed E-state index contributed by atoms with van der Waals surface area (Å²) >= 11 is 0. The molecule has 1 aromatic carbocycles. The summed E-state index contributed by atoms with van der Waals surface area (Å²) in [5.74, 6) is -1.07. The van der Waals surface area contributed by atoms with E-state index in [1.165, 1.54) is 12.0 Å². The van der Waals surface area contributed by atoms with Crippen molar-refractivity contribution in [2.24, 2.45) is 0 Å². The highest BCUT2D eigenvalue weighted by molar-refractivity contribution is 5.83. The second kappa shape index (κ2) is 7.47. The average Bonchev–Trinajstić information content (AvgIpc) is 2.98. The number of rotatable bonds is 6. The predicted molar refractivity (Wildman–Crippen MR) is 79.9 cm³/mol. The Morgan fingerprint density at radius 1 is 1.24 bits per heavy atom. The maximum Gasteiger partial charge on any atom is 0.330 e. The van der Waals surface area contributed by atoms with Gasteiger partial charge in [-0.15, -0.1) is 0 Å². The normalized spacial score (nSPS) is 15.1. The number of amides is 2. The fourth-order valence-corrected chi connectivity index (χ4v) is 2.42. The second-order valence-corrected chi connectivity index (χ2v) is 5.09. The smallest absolute Gasteiger partial charge is 0.330 e. The molecule has 112 valence electrons. The lowest BCUT2D eigenvalue weighted by molar-refractivity contribution is -0.139. The molecule has 1 aromatic rings. The zero-order chi connectivity index (χ0) is 15.1. The minimum Gasteiger partial charge on any atom is -0.479 e. The molecule has 21 heavy (non-hydrogen) atoms. The molecule has 0 saturated carbocycles. The van der Waals surface area contributed by atoms with Crippen molar-refractivity contribution in [3.05, 3.63) is 47.5 Å². The summed E-state index contributed by atoms with van der Waals surface area (Å²) in [5.41, 5.74) is 1.92. The summed E-state index contributed by atoms with van der Waals surface area (Å²) in [4.78, 5) is 23.1. The Kier molecular flexibility index (Phi) is 5.37. The summed E-state index contributed by atoms with van der Waals surface area (Å²) < 4.78 is 0. The lowest BCUT2D eigenvalue weighted by atomic mass is 10.1. The fourth-order valence-electron chi connectivity index (χ4n) is 2.42. The van der Waals surface area contributed by atoms with Crippen LogP contribution in [-0.4, -0.2) is 23.7 Å². The SMILES string of the molecule is O=C(NCCC1=CCCC1)N[C@@H](C(=O)O)c1ccccc1. The topological polar surface area (TPSA) is 78.4 Å². The lowest BCUT2D eigenvalue weighted by Gasteiger charge is -2.15. The highest BCUT2D eigenvalue weighted by Crippen LogP contribution is 2.19. The van der Waals surface area contributed by atoms with E-state index >= 15 is 0 Å². The van der Waals surface area contributed by atoms with Crippen molar-refractivity contribution in [3.8, 4) is 0 Å². The standard InChI is InChI=1S/C16H20N2O3/c19-15(20)14(13-8-2-1-3-9-13)18-16(21)17-11-10-12-6-4-5-7-12/h1-3,6,8-9,14H,4-5,7,10-11H2,(H,19,20)(H2,17,18,21)/t14-/m1/s1. The van der Waals surface area contributed by atoms with Crippen LogP contribution in [0, 0.1) is 0 Å². The van der Waals surface area contributed by atoms with Gasteiger partial charge in [0.1, 0.15) is 0 Å². The van der Waals surface area contributed by atoms with Crippen molar-refractivity contribution in [1.82, 2.24) is 10.6 Å². The van der Waals surface area contributed by atoms with E-state index < -0.39 is 18.0 Å². The molecule has 0 bridgehead atoms. The molecule has 0 unspecified atom stereocenters. The molecule has 0 spiro atoms. The van der Waals surface area contributed by atoms with Gasteiger partial charge in [-0.2, -0.15) is 0 Å². The Balaban J connectivity index is 1.82. The van der Waals surface area contributed by atoms with Gasteiger partial charge >= 0.3 is 12.0 Å². The molecule has 1 aliphatic carbocycles. The average molecular weight is 288 g/mol. The minimum absolute atomic E-state index is 0.454. The highest BCUT2D eigenvalue weighted by Gasteiger charge is 2.21. The summed E-state index contributed by atoms with van der Waals surface area (Å²) in [6.45, 7) is 0.527. The van der Waals surface area contributed by atoms with Crippen LogP contribution in [0.1, 0.15) is 37.3 Å². The molecule has 2 amide bonds. The molecule has 2 rings (SSSR count). The van der Waals surface area contributed by atoms with Crippen LogP contribution in [0.3, 0.4) is 0 Å². The number of urea groups is 1. The van der Waals surface area contributed by atoms with Gasteiger partial charge in [-0.1, -0.05) is 42.0 Å². The first kappa shape index (κ1) is 15.1. The van der Waals surface area contributed by atoms with E-state index in [9.17, 15) is 14.7 Å². The van der Waals surface area contributed by atoms with Crippen LogP contribution in [-0.2, 0) is 4.79 Å². The zero-order valence-corrected chi connectivity index (χ0v) is 11.8. The molecule has 0 fully saturated rings. The number of aliphatic carboxylic acids is 1. The largest absolute Gasteiger partial charge is 0.479 e. The van der Waals surface area contributed by atoms with Crippen molar-refractivity contribution < 1.29 is 14.7 Å². The van der Waals surface area contributed by atoms with Gasteiger partial charge in [0.05, 0.1) is 0 Å². The van der Waals surface area contributed by atoms with Crippen LogP contribution in [0.5, 0.6) is 0 Å². The van der Waals surface area contributed by atoms with Crippen molar-refractivity contribution in [3.63, 3.8) is 0 Å². The van der Waals surface area contributed by atoms with Gasteiger partial charge in [0.25, 0.3) is 0 Å². The number of carboxylic acids is 1. The maximum absolute atomic E-state index is 11.8. The number of nitrogens with one attached hydrogen (secondary N) is 2. The molecule has 0 aliphatic heterocycles. The molecule has 3 N–H and O–H groups in total. The Morgan fingerprint density at radius 2 is 2.00 bits per heavy atom. The zero-order valence-electron chi connectivity index (χ0n) is 11.8. The minimum atomic E-state index is -1.07. The molecule has 1 atom stereocenters. The van der Waals surface area contributed by atoms with E-state index in [1.807, 2.05) is 0 Å². The first-order chi connectivity index (χ1) is 10.2. The summed E-state index contributed by atoms with van der Waals surface area (Å²) in [5, 5.41) is 14.4. The number of hydrogen-bond acceptors (Lipinski definition) is 2. The third-order valence-corrected chi connectivity index (χ3v) is 3.52. The van der Waals surface area contributed by atoms with E-state index in [0.29, 0.717) is 12.1 Å². The number of carbonyl (C=O) groups is 2. The molecule has 5 heteroatoms. The van der Waals surface area contributed by atoms with Crippen molar-refractivity contribution in [2.75, 3.05) is 6.54 Å².